The van der Waals surface area contributed by atoms with E-state index in [1.54, 1.807) is 6.07 Å². The van der Waals surface area contributed by atoms with E-state index in [1.807, 2.05) is 6.07 Å². The van der Waals surface area contributed by atoms with Gasteiger partial charge in [0.05, 0.1) is 14.7 Å². The minimum atomic E-state index is 0.0154. The van der Waals surface area contributed by atoms with Crippen molar-refractivity contribution in [2.45, 2.75) is 44.9 Å². The van der Waals surface area contributed by atoms with E-state index in [-0.39, 0.29) is 16.4 Å². The number of thiazole rings is 1. The molecule has 148 valence electrons. The van der Waals surface area contributed by atoms with Crippen LogP contribution in [0, 0.1) is 23.2 Å². The third kappa shape index (κ3) is 3.53. The van der Waals surface area contributed by atoms with Gasteiger partial charge in [-0.25, -0.2) is 4.98 Å². The summed E-state index contributed by atoms with van der Waals surface area (Å²) in [5.74, 6) is 2.52. The van der Waals surface area contributed by atoms with Crippen LogP contribution in [0.15, 0.2) is 12.1 Å². The average Bonchev–Trinajstić information content (AvgIpc) is 2.99. The van der Waals surface area contributed by atoms with Crippen molar-refractivity contribution in [1.82, 2.24) is 10.3 Å². The van der Waals surface area contributed by atoms with Gasteiger partial charge in [-0.3, -0.25) is 4.79 Å². The quantitative estimate of drug-likeness (QED) is 0.557. The highest BCUT2D eigenvalue weighted by Gasteiger charge is 2.51. The molecule has 2 N–H and O–H groups in total. The van der Waals surface area contributed by atoms with Gasteiger partial charge >= 0.3 is 0 Å². The first kappa shape index (κ1) is 19.0. The van der Waals surface area contributed by atoms with Gasteiger partial charge in [-0.2, -0.15) is 0 Å². The average molecular weight is 454 g/mol. The molecule has 0 unspecified atom stereocenters. The van der Waals surface area contributed by atoms with E-state index in [1.165, 1.54) is 49.9 Å². The molecule has 0 saturated heterocycles. The number of aromatic nitrogens is 1. The molecule has 4 saturated carbocycles. The molecule has 0 aliphatic heterocycles. The van der Waals surface area contributed by atoms with Gasteiger partial charge in [-0.05, 0) is 86.0 Å². The predicted molar refractivity (Wildman–Crippen MR) is 119 cm³/mol. The fourth-order valence-electron chi connectivity index (χ4n) is 6.14. The molecule has 4 bridgehead atoms. The van der Waals surface area contributed by atoms with Gasteiger partial charge in [0, 0.05) is 6.42 Å². The molecule has 4 aliphatic rings. The van der Waals surface area contributed by atoms with Crippen LogP contribution in [0.3, 0.4) is 0 Å². The SMILES string of the molecule is O=C(CC12CC3CC(CC(C3)C1)C2)NC(=S)Nc1nc2c(Cl)c(Cl)ccc2s1. The molecule has 0 atom stereocenters. The molecule has 6 rings (SSSR count). The molecule has 4 nitrogen and oxygen atoms in total. The number of amides is 1. The fraction of sp³-hybridized carbons (Fsp3) is 0.550. The highest BCUT2D eigenvalue weighted by atomic mass is 35.5. The Kier molecular flexibility index (Phi) is 4.81. The molecule has 1 amide bonds. The Morgan fingerprint density at radius 3 is 2.46 bits per heavy atom. The lowest BCUT2D eigenvalue weighted by Crippen LogP contribution is -2.48. The minimum Gasteiger partial charge on any atom is -0.308 e. The van der Waals surface area contributed by atoms with Crippen molar-refractivity contribution in [2.24, 2.45) is 23.2 Å². The normalized spacial score (nSPS) is 30.6. The van der Waals surface area contributed by atoms with Crippen molar-refractivity contribution in [2.75, 3.05) is 5.32 Å². The van der Waals surface area contributed by atoms with E-state index in [4.69, 9.17) is 35.4 Å². The molecule has 8 heteroatoms. The summed E-state index contributed by atoms with van der Waals surface area (Å²) in [6.07, 6.45) is 8.36. The highest BCUT2D eigenvalue weighted by Crippen LogP contribution is 2.61. The van der Waals surface area contributed by atoms with Crippen molar-refractivity contribution in [3.05, 3.63) is 22.2 Å². The zero-order valence-electron chi connectivity index (χ0n) is 15.3. The van der Waals surface area contributed by atoms with Gasteiger partial charge in [-0.15, -0.1) is 0 Å². The number of nitrogens with one attached hydrogen (secondary N) is 2. The summed E-state index contributed by atoms with van der Waals surface area (Å²) in [5, 5.41) is 7.67. The Morgan fingerprint density at radius 1 is 1.18 bits per heavy atom. The van der Waals surface area contributed by atoms with Crippen molar-refractivity contribution < 1.29 is 4.79 Å². The number of rotatable bonds is 3. The summed E-state index contributed by atoms with van der Waals surface area (Å²) >= 11 is 19.0. The van der Waals surface area contributed by atoms with Gasteiger partial charge in [0.2, 0.25) is 5.91 Å². The maximum absolute atomic E-state index is 12.7. The van der Waals surface area contributed by atoms with Crippen LogP contribution in [0.4, 0.5) is 5.13 Å². The smallest absolute Gasteiger partial charge is 0.226 e. The first-order valence-electron chi connectivity index (χ1n) is 9.74. The number of nitrogens with zero attached hydrogens (tertiary/aromatic N) is 1. The van der Waals surface area contributed by atoms with E-state index in [0.717, 1.165) is 22.5 Å². The van der Waals surface area contributed by atoms with Crippen molar-refractivity contribution in [3.8, 4) is 0 Å². The topological polar surface area (TPSA) is 54.0 Å². The van der Waals surface area contributed by atoms with Crippen molar-refractivity contribution in [3.63, 3.8) is 0 Å². The Bertz CT molecular complexity index is 938. The number of benzene rings is 1. The number of hydrogen-bond acceptors (Lipinski definition) is 4. The zero-order chi connectivity index (χ0) is 19.5. The second-order valence-electron chi connectivity index (χ2n) is 8.82. The molecule has 1 heterocycles. The molecular formula is C20H21Cl2N3OS2. The molecule has 4 aliphatic carbocycles. The lowest BCUT2D eigenvalue weighted by molar-refractivity contribution is -0.127. The Morgan fingerprint density at radius 2 is 1.82 bits per heavy atom. The summed E-state index contributed by atoms with van der Waals surface area (Å²) in [7, 11) is 0. The highest BCUT2D eigenvalue weighted by molar-refractivity contribution is 7.80. The lowest BCUT2D eigenvalue weighted by Gasteiger charge is -2.56. The van der Waals surface area contributed by atoms with Crippen molar-refractivity contribution >= 4 is 73.1 Å². The lowest BCUT2D eigenvalue weighted by atomic mass is 9.49. The maximum atomic E-state index is 12.7. The Hall–Kier alpha value is -0.950. The van der Waals surface area contributed by atoms with Crippen LogP contribution in [-0.2, 0) is 4.79 Å². The third-order valence-electron chi connectivity index (χ3n) is 6.63. The van der Waals surface area contributed by atoms with Crippen LogP contribution in [0.2, 0.25) is 10.0 Å². The molecule has 0 radical (unpaired) electrons. The van der Waals surface area contributed by atoms with Crippen LogP contribution in [0.1, 0.15) is 44.9 Å². The van der Waals surface area contributed by atoms with E-state index in [9.17, 15) is 4.79 Å². The van der Waals surface area contributed by atoms with Crippen molar-refractivity contribution in [1.29, 1.82) is 0 Å². The number of thiocarbonyl (C=S) groups is 1. The molecule has 4 fully saturated rings. The second kappa shape index (κ2) is 7.08. The van der Waals surface area contributed by atoms with Gasteiger partial charge in [0.15, 0.2) is 10.2 Å². The summed E-state index contributed by atoms with van der Waals surface area (Å²) in [5.41, 5.74) is 0.846. The van der Waals surface area contributed by atoms with Gasteiger partial charge in [0.1, 0.15) is 5.52 Å². The first-order chi connectivity index (χ1) is 13.4. The number of hydrogen-bond donors (Lipinski definition) is 2. The van der Waals surface area contributed by atoms with Gasteiger partial charge < -0.3 is 10.6 Å². The number of carbonyl (C=O) groups excluding carboxylic acids is 1. The molecule has 1 aromatic heterocycles. The van der Waals surface area contributed by atoms with Crippen LogP contribution in [0.5, 0.6) is 0 Å². The van der Waals surface area contributed by atoms with E-state index < -0.39 is 0 Å². The molecule has 1 aromatic carbocycles. The molecule has 28 heavy (non-hydrogen) atoms. The predicted octanol–water partition coefficient (Wildman–Crippen LogP) is 6.02. The molecular weight excluding hydrogens is 433 g/mol. The number of halogens is 2. The second-order valence-corrected chi connectivity index (χ2v) is 11.0. The summed E-state index contributed by atoms with van der Waals surface area (Å²) in [6.45, 7) is 0. The first-order valence-corrected chi connectivity index (χ1v) is 11.7. The van der Waals surface area contributed by atoms with Gasteiger partial charge in [0.25, 0.3) is 0 Å². The van der Waals surface area contributed by atoms with Crippen LogP contribution in [0.25, 0.3) is 10.2 Å². The number of anilines is 1. The van der Waals surface area contributed by atoms with Crippen LogP contribution < -0.4 is 10.6 Å². The molecule has 0 spiro atoms. The van der Waals surface area contributed by atoms with E-state index in [2.05, 4.69) is 15.6 Å². The van der Waals surface area contributed by atoms with Crippen LogP contribution in [-0.4, -0.2) is 16.0 Å². The Labute approximate surface area is 183 Å². The minimum absolute atomic E-state index is 0.0154. The maximum Gasteiger partial charge on any atom is 0.226 e. The third-order valence-corrected chi connectivity index (χ3v) is 8.56. The Balaban J connectivity index is 1.22. The summed E-state index contributed by atoms with van der Waals surface area (Å²) in [4.78, 5) is 17.2. The summed E-state index contributed by atoms with van der Waals surface area (Å²) in [6, 6.07) is 3.63. The largest absolute Gasteiger partial charge is 0.308 e. The summed E-state index contributed by atoms with van der Waals surface area (Å²) < 4.78 is 0.916. The number of carbonyl (C=O) groups is 1. The number of fused-ring (bicyclic) bond motifs is 1. The zero-order valence-corrected chi connectivity index (χ0v) is 18.4. The van der Waals surface area contributed by atoms with Gasteiger partial charge in [-0.1, -0.05) is 34.5 Å². The monoisotopic (exact) mass is 453 g/mol. The van der Waals surface area contributed by atoms with E-state index in [0.29, 0.717) is 27.1 Å². The van der Waals surface area contributed by atoms with Crippen LogP contribution >= 0.6 is 46.8 Å². The van der Waals surface area contributed by atoms with E-state index >= 15 is 0 Å². The fourth-order valence-corrected chi connectivity index (χ4v) is 7.71. The molecule has 2 aromatic rings. The standard InChI is InChI=1S/C20H21Cl2N3OS2/c21-13-1-2-14-17(16(13)22)24-19(28-14)25-18(27)23-15(26)9-20-6-10-3-11(7-20)5-12(4-10)8-20/h1-2,10-12H,3-9H2,(H2,23,24,25,26,27).